The van der Waals surface area contributed by atoms with E-state index in [0.29, 0.717) is 37.5 Å². The first-order valence-electron chi connectivity index (χ1n) is 14.1. The highest BCUT2D eigenvalue weighted by atomic mass is 35.5. The largest absolute Gasteiger partial charge is 0.496 e. The van der Waals surface area contributed by atoms with Crippen LogP contribution in [-0.2, 0) is 16.6 Å². The van der Waals surface area contributed by atoms with Gasteiger partial charge in [0.05, 0.1) is 23.1 Å². The maximum absolute atomic E-state index is 14.8. The number of hydrogen-bond acceptors (Lipinski definition) is 6. The van der Waals surface area contributed by atoms with Crippen LogP contribution in [0.5, 0.6) is 5.75 Å². The molecule has 228 valence electrons. The van der Waals surface area contributed by atoms with Gasteiger partial charge in [0, 0.05) is 35.3 Å². The first-order chi connectivity index (χ1) is 20.5. The normalized spacial score (nSPS) is 17.2. The highest BCUT2D eigenvalue weighted by Gasteiger charge is 2.32. The second-order valence-corrected chi connectivity index (χ2v) is 14.2. The zero-order valence-electron chi connectivity index (χ0n) is 24.5. The van der Waals surface area contributed by atoms with E-state index in [1.54, 1.807) is 25.3 Å². The zero-order valence-corrected chi connectivity index (χ0v) is 26.9. The molecule has 0 atom stereocenters. The van der Waals surface area contributed by atoms with E-state index in [1.807, 2.05) is 49.2 Å². The van der Waals surface area contributed by atoms with Gasteiger partial charge in [0.1, 0.15) is 16.4 Å². The number of nitrogens with zero attached hydrogens (tertiary/aromatic N) is 1. The van der Waals surface area contributed by atoms with E-state index in [9.17, 15) is 17.6 Å². The van der Waals surface area contributed by atoms with Crippen molar-refractivity contribution in [3.8, 4) is 16.9 Å². The van der Waals surface area contributed by atoms with Crippen LogP contribution in [0.15, 0.2) is 54.6 Å². The Morgan fingerprint density at radius 2 is 1.74 bits per heavy atom. The van der Waals surface area contributed by atoms with Gasteiger partial charge in [-0.05, 0) is 86.7 Å². The highest BCUT2D eigenvalue weighted by Crippen LogP contribution is 2.41. The molecule has 0 spiro atoms. The number of halogens is 2. The number of ether oxygens (including phenoxy) is 1. The molecule has 11 heteroatoms. The molecule has 1 heterocycles. The molecule has 1 fully saturated rings. The van der Waals surface area contributed by atoms with Gasteiger partial charge in [0.15, 0.2) is 0 Å². The van der Waals surface area contributed by atoms with Crippen LogP contribution in [0.4, 0.5) is 10.1 Å². The Hall–Kier alpha value is -3.18. The van der Waals surface area contributed by atoms with Crippen molar-refractivity contribution in [2.24, 2.45) is 0 Å². The standard InChI is InChI=1S/C32H35ClFN3O4S2/c1-19-5-15-26(34)30-28(19)29(33)31(42-30)32(38)37(25-13-11-23(35-2)12-14-25)18-22-17-21(8-16-27(22)41-3)20-6-9-24(10-7-20)36-43(4,39)40/h5-10,15-17,23,25,35-36H,11-14,18H2,1-4H3. The molecule has 0 aliphatic heterocycles. The van der Waals surface area contributed by atoms with Crippen molar-refractivity contribution in [3.05, 3.63) is 81.4 Å². The van der Waals surface area contributed by atoms with Crippen molar-refractivity contribution in [1.82, 2.24) is 10.2 Å². The van der Waals surface area contributed by atoms with Crippen molar-refractivity contribution in [2.45, 2.75) is 51.2 Å². The average Bonchev–Trinajstić information content (AvgIpc) is 3.35. The number of benzene rings is 3. The van der Waals surface area contributed by atoms with Crippen LogP contribution in [0.2, 0.25) is 5.02 Å². The summed E-state index contributed by atoms with van der Waals surface area (Å²) in [6, 6.07) is 16.4. The van der Waals surface area contributed by atoms with Gasteiger partial charge in [-0.1, -0.05) is 35.9 Å². The Balaban J connectivity index is 1.52. The minimum absolute atomic E-state index is 0.0287. The van der Waals surface area contributed by atoms with Gasteiger partial charge in [-0.15, -0.1) is 11.3 Å². The molecule has 5 rings (SSSR count). The predicted molar refractivity (Wildman–Crippen MR) is 173 cm³/mol. The van der Waals surface area contributed by atoms with Crippen LogP contribution in [0.25, 0.3) is 21.2 Å². The SMILES string of the molecule is CNC1CCC(N(Cc2cc(-c3ccc(NS(C)(=O)=O)cc3)ccc2OC)C(=O)c2sc3c(F)ccc(C)c3c2Cl)CC1. The van der Waals surface area contributed by atoms with E-state index < -0.39 is 10.0 Å². The molecule has 1 saturated carbocycles. The lowest BCUT2D eigenvalue weighted by Gasteiger charge is -2.37. The number of thiophene rings is 1. The molecule has 0 radical (unpaired) electrons. The molecule has 43 heavy (non-hydrogen) atoms. The fourth-order valence-corrected chi connectivity index (χ4v) is 8.00. The summed E-state index contributed by atoms with van der Waals surface area (Å²) in [6.07, 6.45) is 4.63. The summed E-state index contributed by atoms with van der Waals surface area (Å²) in [5.74, 6) is 0.0338. The van der Waals surface area contributed by atoms with Crippen LogP contribution < -0.4 is 14.8 Å². The summed E-state index contributed by atoms with van der Waals surface area (Å²) in [4.78, 5) is 16.5. The van der Waals surface area contributed by atoms with E-state index in [1.165, 1.54) is 6.07 Å². The summed E-state index contributed by atoms with van der Waals surface area (Å²) in [5.41, 5.74) is 3.90. The minimum Gasteiger partial charge on any atom is -0.496 e. The van der Waals surface area contributed by atoms with Crippen molar-refractivity contribution < 1.29 is 22.3 Å². The van der Waals surface area contributed by atoms with Crippen molar-refractivity contribution in [3.63, 3.8) is 0 Å². The minimum atomic E-state index is -3.39. The second-order valence-electron chi connectivity index (χ2n) is 11.0. The molecular weight excluding hydrogens is 609 g/mol. The molecule has 1 amide bonds. The van der Waals surface area contributed by atoms with Gasteiger partial charge in [-0.25, -0.2) is 12.8 Å². The summed E-state index contributed by atoms with van der Waals surface area (Å²) >= 11 is 7.90. The molecule has 0 bridgehead atoms. The number of methoxy groups -OCH3 is 1. The Morgan fingerprint density at radius 1 is 1.07 bits per heavy atom. The third kappa shape index (κ3) is 6.82. The summed E-state index contributed by atoms with van der Waals surface area (Å²) in [7, 11) is 0.175. The number of fused-ring (bicyclic) bond motifs is 1. The number of carbonyl (C=O) groups is 1. The Kier molecular flexibility index (Phi) is 9.31. The van der Waals surface area contributed by atoms with Gasteiger partial charge in [0.25, 0.3) is 5.91 Å². The maximum Gasteiger partial charge on any atom is 0.266 e. The summed E-state index contributed by atoms with van der Waals surface area (Å²) < 4.78 is 46.6. The number of carbonyl (C=O) groups excluding carboxylic acids is 1. The molecule has 7 nitrogen and oxygen atoms in total. The van der Waals surface area contributed by atoms with Crippen molar-refractivity contribution >= 4 is 54.6 Å². The number of nitrogens with one attached hydrogen (secondary N) is 2. The molecule has 2 N–H and O–H groups in total. The van der Waals surface area contributed by atoms with Gasteiger partial charge in [-0.2, -0.15) is 0 Å². The number of rotatable bonds is 9. The number of anilines is 1. The van der Waals surface area contributed by atoms with Gasteiger partial charge < -0.3 is 15.0 Å². The summed E-state index contributed by atoms with van der Waals surface area (Å²) in [5, 5.41) is 4.23. The van der Waals surface area contributed by atoms with Crippen molar-refractivity contribution in [2.75, 3.05) is 25.1 Å². The first-order valence-corrected chi connectivity index (χ1v) is 17.2. The van der Waals surface area contributed by atoms with Gasteiger partial charge >= 0.3 is 0 Å². The topological polar surface area (TPSA) is 87.7 Å². The lowest BCUT2D eigenvalue weighted by molar-refractivity contribution is 0.0604. The monoisotopic (exact) mass is 643 g/mol. The molecule has 4 aromatic rings. The predicted octanol–water partition coefficient (Wildman–Crippen LogP) is 7.22. The van der Waals surface area contributed by atoms with Crippen LogP contribution in [0.1, 0.15) is 46.5 Å². The van der Waals surface area contributed by atoms with Crippen LogP contribution in [0, 0.1) is 12.7 Å². The van der Waals surface area contributed by atoms with Crippen LogP contribution in [0.3, 0.4) is 0 Å². The molecule has 3 aromatic carbocycles. The second kappa shape index (κ2) is 12.8. The van der Waals surface area contributed by atoms with E-state index in [4.69, 9.17) is 16.3 Å². The molecule has 0 unspecified atom stereocenters. The third-order valence-corrected chi connectivity index (χ3v) is 10.4. The van der Waals surface area contributed by atoms with Gasteiger partial charge in [0.2, 0.25) is 10.0 Å². The summed E-state index contributed by atoms with van der Waals surface area (Å²) in [6.45, 7) is 2.15. The molecule has 1 aliphatic carbocycles. The number of sulfonamides is 1. The van der Waals surface area contributed by atoms with E-state index in [-0.39, 0.29) is 24.3 Å². The average molecular weight is 644 g/mol. The van der Waals surface area contributed by atoms with Crippen LogP contribution >= 0.6 is 22.9 Å². The van der Waals surface area contributed by atoms with E-state index in [2.05, 4.69) is 10.0 Å². The number of hydrogen-bond donors (Lipinski definition) is 2. The molecule has 1 aromatic heterocycles. The smallest absolute Gasteiger partial charge is 0.266 e. The Morgan fingerprint density at radius 3 is 2.35 bits per heavy atom. The van der Waals surface area contributed by atoms with Crippen LogP contribution in [-0.4, -0.2) is 51.7 Å². The molecule has 1 aliphatic rings. The first kappa shape index (κ1) is 31.3. The Labute approximate surface area is 261 Å². The zero-order chi connectivity index (χ0) is 30.9. The highest BCUT2D eigenvalue weighted by molar-refractivity contribution is 7.92. The van der Waals surface area contributed by atoms with E-state index >= 15 is 0 Å². The third-order valence-electron chi connectivity index (χ3n) is 8.08. The quantitative estimate of drug-likeness (QED) is 0.201. The number of aryl methyl sites for hydroxylation is 1. The lowest BCUT2D eigenvalue weighted by Crippen LogP contribution is -2.44. The fourth-order valence-electron chi connectivity index (χ4n) is 5.81. The number of amides is 1. The Bertz CT molecular complexity index is 1750. The van der Waals surface area contributed by atoms with E-state index in [0.717, 1.165) is 65.5 Å². The maximum atomic E-state index is 14.8. The lowest BCUT2D eigenvalue weighted by atomic mass is 9.89. The molecule has 0 saturated heterocycles. The fraction of sp³-hybridized carbons (Fsp3) is 0.344. The van der Waals surface area contributed by atoms with Crippen molar-refractivity contribution in [1.29, 1.82) is 0 Å². The molecular formula is C32H35ClFN3O4S2. The van der Waals surface area contributed by atoms with Gasteiger partial charge in [-0.3, -0.25) is 9.52 Å².